The molecule has 5 atom stereocenters. The minimum atomic E-state index is -1.37. The van der Waals surface area contributed by atoms with E-state index in [0.717, 1.165) is 11.1 Å². The number of nitrogen functional groups attached to an aromatic ring is 1. The number of fused-ring (bicyclic) bond motifs is 5. The van der Waals surface area contributed by atoms with Gasteiger partial charge in [0.05, 0.1) is 25.0 Å². The zero-order chi connectivity index (χ0) is 37.6. The molecule has 51 heavy (non-hydrogen) atoms. The average molecular weight is 792 g/mol. The summed E-state index contributed by atoms with van der Waals surface area (Å²) in [5.74, 6) is -0.971. The number of allylic oxidation sites excluding steroid dienone is 3. The maximum absolute atomic E-state index is 12.9. The first kappa shape index (κ1) is 39.7. The Morgan fingerprint density at radius 3 is 2.63 bits per heavy atom. The highest BCUT2D eigenvalue weighted by Crippen LogP contribution is 2.38. The number of epoxide rings is 1. The molecule has 2 aromatic rings. The molecule has 5 N–H and O–H groups in total. The van der Waals surface area contributed by atoms with Crippen molar-refractivity contribution in [3.63, 3.8) is 0 Å². The number of aliphatic hydroxyl groups is 1. The minimum absolute atomic E-state index is 0.0777. The van der Waals surface area contributed by atoms with E-state index in [4.69, 9.17) is 36.7 Å². The quantitative estimate of drug-likeness (QED) is 0.229. The van der Waals surface area contributed by atoms with Crippen LogP contribution in [0.1, 0.15) is 61.9 Å². The predicted octanol–water partition coefficient (Wildman–Crippen LogP) is 5.46. The van der Waals surface area contributed by atoms with Crippen molar-refractivity contribution in [3.05, 3.63) is 74.8 Å². The van der Waals surface area contributed by atoms with Gasteiger partial charge in [0.15, 0.2) is 0 Å². The molecule has 13 nitrogen and oxygen atoms in total. The van der Waals surface area contributed by atoms with Crippen molar-refractivity contribution < 1.29 is 43.6 Å². The van der Waals surface area contributed by atoms with Crippen LogP contribution in [-0.4, -0.2) is 90.3 Å². The molecule has 3 unspecified atom stereocenters. The number of likely N-dealkylation sites (N-methyl/N-ethyl adjacent to an activating group) is 1. The number of carboxylic acid groups (broad SMARTS) is 1. The molecule has 3 aliphatic heterocycles. The second-order valence-electron chi connectivity index (χ2n) is 12.9. The SMILES string of the molecule is COc1cc2cc(c1Cl)N(C)C(=O)CCC1OC1CC1C[C@](O)(C/C=C/C=C(\C)C2)NC(=O)O1.C[C@@H](C(=O)O)N(C)C(=O)c1ccc(N)c(Br)c1. The van der Waals surface area contributed by atoms with E-state index in [1.807, 2.05) is 37.3 Å². The van der Waals surface area contributed by atoms with Crippen LogP contribution < -0.4 is 20.7 Å². The highest BCUT2D eigenvalue weighted by molar-refractivity contribution is 9.10. The van der Waals surface area contributed by atoms with Gasteiger partial charge in [0.1, 0.15) is 28.6 Å². The first-order valence-electron chi connectivity index (χ1n) is 16.4. The molecule has 3 heterocycles. The molecule has 3 aliphatic rings. The van der Waals surface area contributed by atoms with Crippen LogP contribution in [0.5, 0.6) is 5.75 Å². The Kier molecular flexibility index (Phi) is 13.2. The van der Waals surface area contributed by atoms with E-state index in [1.54, 1.807) is 37.3 Å². The van der Waals surface area contributed by atoms with Crippen molar-refractivity contribution in [2.75, 3.05) is 31.8 Å². The summed E-state index contributed by atoms with van der Waals surface area (Å²) >= 11 is 9.76. The molecular weight excluding hydrogens is 748 g/mol. The molecule has 0 aromatic heterocycles. The molecule has 3 amide bonds. The number of carbonyl (C=O) groups is 4. The van der Waals surface area contributed by atoms with Crippen LogP contribution in [0.4, 0.5) is 16.2 Å². The van der Waals surface area contributed by atoms with Crippen LogP contribution in [0.15, 0.2) is 58.6 Å². The summed E-state index contributed by atoms with van der Waals surface area (Å²) in [6.07, 6.45) is 6.86. The van der Waals surface area contributed by atoms with Gasteiger partial charge in [0.25, 0.3) is 5.91 Å². The number of halogens is 2. The molecule has 2 fully saturated rings. The number of hydrogen-bond acceptors (Lipinski definition) is 9. The van der Waals surface area contributed by atoms with Crippen LogP contribution in [-0.2, 0) is 25.5 Å². The van der Waals surface area contributed by atoms with Gasteiger partial charge in [-0.2, -0.15) is 0 Å². The smallest absolute Gasteiger partial charge is 0.409 e. The Labute approximate surface area is 310 Å². The number of nitrogens with two attached hydrogens (primary N) is 1. The summed E-state index contributed by atoms with van der Waals surface area (Å²) in [5.41, 5.74) is 7.77. The summed E-state index contributed by atoms with van der Waals surface area (Å²) in [5, 5.41) is 22.7. The van der Waals surface area contributed by atoms with E-state index in [1.165, 1.54) is 18.9 Å². The number of methoxy groups -OCH3 is 1. The number of alkyl carbamates (subject to hydrolysis) is 1. The van der Waals surface area contributed by atoms with Crippen LogP contribution in [0.2, 0.25) is 5.02 Å². The lowest BCUT2D eigenvalue weighted by Gasteiger charge is -2.36. The van der Waals surface area contributed by atoms with E-state index in [2.05, 4.69) is 21.2 Å². The highest BCUT2D eigenvalue weighted by Gasteiger charge is 2.45. The summed E-state index contributed by atoms with van der Waals surface area (Å²) in [6, 6.07) is 7.63. The van der Waals surface area contributed by atoms with Gasteiger partial charge in [0, 0.05) is 55.5 Å². The van der Waals surface area contributed by atoms with Gasteiger partial charge in [-0.25, -0.2) is 9.59 Å². The number of benzene rings is 2. The van der Waals surface area contributed by atoms with Gasteiger partial charge in [-0.1, -0.05) is 35.4 Å². The normalized spacial score (nSPS) is 25.7. The summed E-state index contributed by atoms with van der Waals surface area (Å²) in [6.45, 7) is 3.45. The number of anilines is 2. The molecule has 0 saturated carbocycles. The molecule has 2 saturated heterocycles. The average Bonchev–Trinajstić information content (AvgIpc) is 3.82. The van der Waals surface area contributed by atoms with Gasteiger partial charge in [0.2, 0.25) is 5.91 Å². The predicted molar refractivity (Wildman–Crippen MR) is 196 cm³/mol. The Bertz CT molecular complexity index is 1720. The molecule has 276 valence electrons. The number of nitrogens with zero attached hydrogens (tertiary/aromatic N) is 2. The fraction of sp³-hybridized carbons (Fsp3) is 0.444. The van der Waals surface area contributed by atoms with Crippen molar-refractivity contribution >= 4 is 62.8 Å². The van der Waals surface area contributed by atoms with E-state index in [-0.39, 0.29) is 36.9 Å². The number of hydrogen-bond donors (Lipinski definition) is 4. The summed E-state index contributed by atoms with van der Waals surface area (Å²) in [4.78, 5) is 50.4. The monoisotopic (exact) mass is 790 g/mol. The van der Waals surface area contributed by atoms with Gasteiger partial charge >= 0.3 is 12.1 Å². The topological polar surface area (TPSA) is 184 Å². The zero-order valence-electron chi connectivity index (χ0n) is 29.2. The van der Waals surface area contributed by atoms with Crippen LogP contribution in [0.25, 0.3) is 0 Å². The van der Waals surface area contributed by atoms with E-state index in [9.17, 15) is 24.3 Å². The molecule has 5 rings (SSSR count). The van der Waals surface area contributed by atoms with Crippen molar-refractivity contribution in [2.45, 2.75) is 82.5 Å². The molecular formula is C36H44BrClN4O9. The Morgan fingerprint density at radius 1 is 1.24 bits per heavy atom. The standard InChI is InChI=1S/C25H31ClN2O6.C11H13BrN2O3/c1-15-6-4-5-9-25(31)14-17(33-24(30)27-25)13-20-19(34-20)7-8-22(29)28(2)18-11-16(10-15)12-21(32-3)23(18)26;1-6(11(16)17)14(2)10(15)7-3-4-9(13)8(12)5-7/h4-6,11-12,17,19-20,31H,7-10,13-14H2,1-3H3,(H,27,30);3-6H,13H2,1-2H3,(H,16,17)/b5-4+,15-6+;/t17?,19?,20?,25-;6-/m10/s1. The molecule has 2 aromatic carbocycles. The second-order valence-corrected chi connectivity index (χ2v) is 14.2. The zero-order valence-corrected chi connectivity index (χ0v) is 31.5. The van der Waals surface area contributed by atoms with Crippen molar-refractivity contribution in [1.29, 1.82) is 0 Å². The van der Waals surface area contributed by atoms with Gasteiger partial charge in [-0.15, -0.1) is 0 Å². The first-order valence-corrected chi connectivity index (χ1v) is 17.6. The number of rotatable bonds is 4. The van der Waals surface area contributed by atoms with Crippen LogP contribution >= 0.6 is 27.5 Å². The number of nitrogens with one attached hydrogen (secondary N) is 1. The number of ether oxygens (including phenoxy) is 3. The third kappa shape index (κ3) is 10.5. The number of carbonyl (C=O) groups excluding carboxylic acids is 3. The molecule has 4 bridgehead atoms. The number of amides is 3. The minimum Gasteiger partial charge on any atom is -0.495 e. The number of aliphatic carboxylic acids is 1. The van der Waals surface area contributed by atoms with E-state index >= 15 is 0 Å². The first-order chi connectivity index (χ1) is 24.0. The Balaban J connectivity index is 0.000000289. The molecule has 15 heteroatoms. The van der Waals surface area contributed by atoms with Crippen molar-refractivity contribution in [2.24, 2.45) is 0 Å². The van der Waals surface area contributed by atoms with Crippen molar-refractivity contribution in [1.82, 2.24) is 10.2 Å². The molecule has 0 spiro atoms. The van der Waals surface area contributed by atoms with Crippen LogP contribution in [0, 0.1) is 0 Å². The lowest BCUT2D eigenvalue weighted by atomic mass is 9.96. The summed E-state index contributed by atoms with van der Waals surface area (Å²) in [7, 11) is 4.71. The molecule has 0 aliphatic carbocycles. The third-order valence-electron chi connectivity index (χ3n) is 9.00. The van der Waals surface area contributed by atoms with Crippen molar-refractivity contribution in [3.8, 4) is 5.75 Å². The molecule has 0 radical (unpaired) electrons. The fourth-order valence-electron chi connectivity index (χ4n) is 5.79. The lowest BCUT2D eigenvalue weighted by Crippen LogP contribution is -2.56. The third-order valence-corrected chi connectivity index (χ3v) is 10.1. The lowest BCUT2D eigenvalue weighted by molar-refractivity contribution is -0.141. The Morgan fingerprint density at radius 2 is 1.96 bits per heavy atom. The maximum atomic E-state index is 12.9. The van der Waals surface area contributed by atoms with E-state index < -0.39 is 29.9 Å². The van der Waals surface area contributed by atoms with Gasteiger partial charge in [-0.05, 0) is 78.5 Å². The van der Waals surface area contributed by atoms with E-state index in [0.29, 0.717) is 57.9 Å². The second kappa shape index (κ2) is 16.9. The largest absolute Gasteiger partial charge is 0.495 e. The summed E-state index contributed by atoms with van der Waals surface area (Å²) < 4.78 is 17.2. The fourth-order valence-corrected chi connectivity index (χ4v) is 6.48. The highest BCUT2D eigenvalue weighted by atomic mass is 79.9. The van der Waals surface area contributed by atoms with Gasteiger partial charge in [-0.3, -0.25) is 14.9 Å². The van der Waals surface area contributed by atoms with Gasteiger partial charge < -0.3 is 40.0 Å². The maximum Gasteiger partial charge on any atom is 0.409 e. The number of carboxylic acids is 1. The Hall–Kier alpha value is -4.11. The van der Waals surface area contributed by atoms with Crippen LogP contribution in [0.3, 0.4) is 0 Å².